The topological polar surface area (TPSA) is 32.7 Å². The zero-order chi connectivity index (χ0) is 13.6. The van der Waals surface area contributed by atoms with Crippen LogP contribution in [0.5, 0.6) is 0 Å². The van der Waals surface area contributed by atoms with Crippen LogP contribution in [-0.4, -0.2) is 49.5 Å². The second-order valence-electron chi connectivity index (χ2n) is 6.68. The van der Waals surface area contributed by atoms with E-state index in [1.165, 1.54) is 45.2 Å². The average Bonchev–Trinajstić information content (AvgIpc) is 2.66. The minimum absolute atomic E-state index is 0.0167. The molecule has 0 saturated carbocycles. The van der Waals surface area contributed by atoms with Gasteiger partial charge in [0.2, 0.25) is 0 Å². The van der Waals surface area contributed by atoms with Gasteiger partial charge in [-0.25, -0.2) is 0 Å². The van der Waals surface area contributed by atoms with Gasteiger partial charge in [-0.1, -0.05) is 19.8 Å². The van der Waals surface area contributed by atoms with E-state index >= 15 is 0 Å². The van der Waals surface area contributed by atoms with E-state index in [9.17, 15) is 5.11 Å². The second kappa shape index (κ2) is 7.61. The van der Waals surface area contributed by atoms with Crippen LogP contribution >= 0.6 is 0 Å². The van der Waals surface area contributed by atoms with Crippen LogP contribution in [0.25, 0.3) is 0 Å². The van der Waals surface area contributed by atoms with Gasteiger partial charge >= 0.3 is 0 Å². The van der Waals surface area contributed by atoms with Crippen molar-refractivity contribution in [3.8, 4) is 0 Å². The van der Waals surface area contributed by atoms with E-state index in [0.29, 0.717) is 0 Å². The van der Waals surface area contributed by atoms with Gasteiger partial charge in [0.05, 0.1) is 13.2 Å². The number of likely N-dealkylation sites (tertiary alicyclic amines) is 1. The van der Waals surface area contributed by atoms with Crippen molar-refractivity contribution in [3.05, 3.63) is 0 Å². The van der Waals surface area contributed by atoms with Crippen LogP contribution in [0.1, 0.15) is 51.9 Å². The number of hydrogen-bond donors (Lipinski definition) is 1. The van der Waals surface area contributed by atoms with Crippen molar-refractivity contribution in [1.29, 1.82) is 0 Å². The minimum Gasteiger partial charge on any atom is -0.396 e. The third-order valence-corrected chi connectivity index (χ3v) is 4.94. The molecule has 3 heteroatoms. The van der Waals surface area contributed by atoms with Gasteiger partial charge in [0.25, 0.3) is 0 Å². The van der Waals surface area contributed by atoms with Crippen LogP contribution in [0.3, 0.4) is 0 Å². The average molecular weight is 269 g/mol. The van der Waals surface area contributed by atoms with E-state index in [0.717, 1.165) is 38.5 Å². The lowest BCUT2D eigenvalue weighted by molar-refractivity contribution is -0.0550. The summed E-state index contributed by atoms with van der Waals surface area (Å²) in [6.07, 6.45) is 9.00. The molecule has 2 aliphatic rings. The van der Waals surface area contributed by atoms with Crippen molar-refractivity contribution in [2.75, 3.05) is 39.5 Å². The number of hydrogen-bond acceptors (Lipinski definition) is 3. The number of aliphatic hydroxyl groups excluding tert-OH is 1. The molecule has 19 heavy (non-hydrogen) atoms. The number of ether oxygens (including phenoxy) is 1. The van der Waals surface area contributed by atoms with Crippen LogP contribution in [0.4, 0.5) is 0 Å². The van der Waals surface area contributed by atoms with Crippen molar-refractivity contribution < 1.29 is 9.84 Å². The maximum Gasteiger partial charge on any atom is 0.0556 e. The first-order valence-electron chi connectivity index (χ1n) is 8.19. The van der Waals surface area contributed by atoms with E-state index in [1.54, 1.807) is 0 Å². The summed E-state index contributed by atoms with van der Waals surface area (Å²) in [5.74, 6) is 0.933. The Balaban J connectivity index is 1.84. The fourth-order valence-electron chi connectivity index (χ4n) is 3.76. The van der Waals surface area contributed by atoms with Gasteiger partial charge in [-0.15, -0.1) is 0 Å². The standard InChI is InChI=1S/C16H31NO2/c1-2-5-15-6-3-9-17(10-7-15)12-16(13-18)8-4-11-19-14-16/h15,18H,2-14H2,1H3. The zero-order valence-corrected chi connectivity index (χ0v) is 12.6. The first kappa shape index (κ1) is 15.3. The van der Waals surface area contributed by atoms with Crippen LogP contribution in [0.2, 0.25) is 0 Å². The molecule has 0 bridgehead atoms. The summed E-state index contributed by atoms with van der Waals surface area (Å²) in [6.45, 7) is 7.65. The molecule has 0 aromatic heterocycles. The van der Waals surface area contributed by atoms with Gasteiger partial charge in [-0.05, 0) is 51.1 Å². The normalized spacial score (nSPS) is 34.1. The van der Waals surface area contributed by atoms with E-state index in [2.05, 4.69) is 11.8 Å². The van der Waals surface area contributed by atoms with Gasteiger partial charge in [-0.2, -0.15) is 0 Å². The predicted octanol–water partition coefficient (Wildman–Crippen LogP) is 2.68. The van der Waals surface area contributed by atoms with Crippen molar-refractivity contribution in [2.45, 2.75) is 51.9 Å². The van der Waals surface area contributed by atoms with E-state index in [-0.39, 0.29) is 12.0 Å². The molecule has 0 aromatic carbocycles. The highest BCUT2D eigenvalue weighted by Crippen LogP contribution is 2.31. The Hall–Kier alpha value is -0.120. The summed E-state index contributed by atoms with van der Waals surface area (Å²) in [5, 5.41) is 9.77. The lowest BCUT2D eigenvalue weighted by atomic mass is 9.82. The van der Waals surface area contributed by atoms with Crippen LogP contribution in [-0.2, 0) is 4.74 Å². The van der Waals surface area contributed by atoms with Gasteiger partial charge in [0, 0.05) is 18.6 Å². The molecule has 0 radical (unpaired) electrons. The summed E-state index contributed by atoms with van der Waals surface area (Å²) in [6, 6.07) is 0. The molecular formula is C16H31NO2. The summed E-state index contributed by atoms with van der Waals surface area (Å²) in [5.41, 5.74) is 0.0167. The third kappa shape index (κ3) is 4.44. The Kier molecular flexibility index (Phi) is 6.11. The summed E-state index contributed by atoms with van der Waals surface area (Å²) in [7, 11) is 0. The van der Waals surface area contributed by atoms with E-state index in [4.69, 9.17) is 4.74 Å². The molecular weight excluding hydrogens is 238 g/mol. The molecule has 2 rings (SSSR count). The van der Waals surface area contributed by atoms with E-state index in [1.807, 2.05) is 0 Å². The number of rotatable bonds is 5. The fourth-order valence-corrected chi connectivity index (χ4v) is 3.76. The number of aliphatic hydroxyl groups is 1. The van der Waals surface area contributed by atoms with Crippen LogP contribution < -0.4 is 0 Å². The minimum atomic E-state index is 0.0167. The molecule has 1 N–H and O–H groups in total. The lowest BCUT2D eigenvalue weighted by Crippen LogP contribution is -2.46. The fraction of sp³-hybridized carbons (Fsp3) is 1.00. The first-order chi connectivity index (χ1) is 9.28. The summed E-state index contributed by atoms with van der Waals surface area (Å²) in [4.78, 5) is 2.58. The zero-order valence-electron chi connectivity index (χ0n) is 12.6. The van der Waals surface area contributed by atoms with Crippen LogP contribution in [0, 0.1) is 11.3 Å². The van der Waals surface area contributed by atoms with Crippen molar-refractivity contribution >= 4 is 0 Å². The van der Waals surface area contributed by atoms with Crippen molar-refractivity contribution in [3.63, 3.8) is 0 Å². The lowest BCUT2D eigenvalue weighted by Gasteiger charge is -2.39. The Labute approximate surface area is 118 Å². The second-order valence-corrected chi connectivity index (χ2v) is 6.68. The first-order valence-corrected chi connectivity index (χ1v) is 8.19. The largest absolute Gasteiger partial charge is 0.396 e. The van der Waals surface area contributed by atoms with Crippen molar-refractivity contribution in [2.24, 2.45) is 11.3 Å². The predicted molar refractivity (Wildman–Crippen MR) is 78.3 cm³/mol. The Morgan fingerprint density at radius 2 is 2.16 bits per heavy atom. The highest BCUT2D eigenvalue weighted by atomic mass is 16.5. The maximum atomic E-state index is 9.77. The highest BCUT2D eigenvalue weighted by molar-refractivity contribution is 4.85. The molecule has 2 fully saturated rings. The molecule has 0 aliphatic carbocycles. The summed E-state index contributed by atoms with van der Waals surface area (Å²) >= 11 is 0. The summed E-state index contributed by atoms with van der Waals surface area (Å²) < 4.78 is 5.62. The Morgan fingerprint density at radius 1 is 1.26 bits per heavy atom. The van der Waals surface area contributed by atoms with Crippen LogP contribution in [0.15, 0.2) is 0 Å². The smallest absolute Gasteiger partial charge is 0.0556 e. The van der Waals surface area contributed by atoms with Gasteiger partial charge in [-0.3, -0.25) is 0 Å². The third-order valence-electron chi connectivity index (χ3n) is 4.94. The van der Waals surface area contributed by atoms with E-state index < -0.39 is 0 Å². The molecule has 0 amide bonds. The molecule has 2 unspecified atom stereocenters. The molecule has 2 heterocycles. The molecule has 112 valence electrons. The molecule has 2 atom stereocenters. The molecule has 2 saturated heterocycles. The van der Waals surface area contributed by atoms with Crippen molar-refractivity contribution in [1.82, 2.24) is 4.90 Å². The van der Waals surface area contributed by atoms with Gasteiger partial charge < -0.3 is 14.7 Å². The maximum absolute atomic E-state index is 9.77. The molecule has 0 aromatic rings. The molecule has 0 spiro atoms. The van der Waals surface area contributed by atoms with Gasteiger partial charge in [0.1, 0.15) is 0 Å². The number of nitrogens with zero attached hydrogens (tertiary/aromatic N) is 1. The monoisotopic (exact) mass is 269 g/mol. The molecule has 2 aliphatic heterocycles. The highest BCUT2D eigenvalue weighted by Gasteiger charge is 2.34. The SMILES string of the molecule is CCCC1CCCN(CC2(CO)CCCOC2)CC1. The quantitative estimate of drug-likeness (QED) is 0.833. The molecule has 3 nitrogen and oxygen atoms in total. The Bertz CT molecular complexity index is 251. The Morgan fingerprint density at radius 3 is 2.84 bits per heavy atom. The van der Waals surface area contributed by atoms with Gasteiger partial charge in [0.15, 0.2) is 0 Å².